The highest BCUT2D eigenvalue weighted by molar-refractivity contribution is 4.91. The molecule has 2 heteroatoms. The van der Waals surface area contributed by atoms with E-state index < -0.39 is 0 Å². The predicted octanol–water partition coefficient (Wildman–Crippen LogP) is 2.49. The lowest BCUT2D eigenvalue weighted by Crippen LogP contribution is -2.59. The van der Waals surface area contributed by atoms with Crippen molar-refractivity contribution in [3.8, 4) is 0 Å². The number of hydrogen-bond acceptors (Lipinski definition) is 2. The summed E-state index contributed by atoms with van der Waals surface area (Å²) in [5.74, 6) is 1.06. The highest BCUT2D eigenvalue weighted by Crippen LogP contribution is 2.33. The standard InChI is InChI=1S/C14H28N2/c1-11-9-15-13(14(2,3)4)10-16(11)8-7-12-5-6-12/h11-13,15H,5-10H2,1-4H3. The lowest BCUT2D eigenvalue weighted by atomic mass is 9.85. The molecule has 2 nitrogen and oxygen atoms in total. The van der Waals surface area contributed by atoms with Crippen LogP contribution in [-0.4, -0.2) is 36.6 Å². The fourth-order valence-corrected chi connectivity index (χ4v) is 2.57. The Hall–Kier alpha value is -0.0800. The maximum atomic E-state index is 3.70. The highest BCUT2D eigenvalue weighted by Gasteiger charge is 2.33. The van der Waals surface area contributed by atoms with Gasteiger partial charge in [0, 0.05) is 25.2 Å². The van der Waals surface area contributed by atoms with Crippen molar-refractivity contribution in [3.05, 3.63) is 0 Å². The van der Waals surface area contributed by atoms with Crippen molar-refractivity contribution in [3.63, 3.8) is 0 Å². The molecule has 2 unspecified atom stereocenters. The Bertz CT molecular complexity index is 227. The molecular formula is C14H28N2. The summed E-state index contributed by atoms with van der Waals surface area (Å²) in [5.41, 5.74) is 0.387. The van der Waals surface area contributed by atoms with Crippen LogP contribution in [0, 0.1) is 11.3 Å². The van der Waals surface area contributed by atoms with Crippen LogP contribution in [0.25, 0.3) is 0 Å². The van der Waals surface area contributed by atoms with Gasteiger partial charge in [-0.05, 0) is 31.2 Å². The van der Waals surface area contributed by atoms with E-state index in [1.54, 1.807) is 0 Å². The van der Waals surface area contributed by atoms with Gasteiger partial charge in [-0.1, -0.05) is 33.6 Å². The van der Waals surface area contributed by atoms with Crippen LogP contribution in [-0.2, 0) is 0 Å². The Labute approximate surface area is 101 Å². The van der Waals surface area contributed by atoms with Gasteiger partial charge >= 0.3 is 0 Å². The fraction of sp³-hybridized carbons (Fsp3) is 1.00. The molecule has 0 bridgehead atoms. The van der Waals surface area contributed by atoms with Crippen LogP contribution in [0.4, 0.5) is 0 Å². The van der Waals surface area contributed by atoms with Gasteiger partial charge in [0.05, 0.1) is 0 Å². The molecule has 1 heterocycles. The Kier molecular flexibility index (Phi) is 3.60. The van der Waals surface area contributed by atoms with Crippen LogP contribution in [0.1, 0.15) is 47.0 Å². The lowest BCUT2D eigenvalue weighted by molar-refractivity contribution is 0.0914. The van der Waals surface area contributed by atoms with E-state index in [0.29, 0.717) is 11.5 Å². The summed E-state index contributed by atoms with van der Waals surface area (Å²) in [4.78, 5) is 2.70. The van der Waals surface area contributed by atoms with Crippen molar-refractivity contribution in [1.29, 1.82) is 0 Å². The van der Waals surface area contributed by atoms with Gasteiger partial charge in [-0.15, -0.1) is 0 Å². The monoisotopic (exact) mass is 224 g/mol. The molecule has 1 aliphatic heterocycles. The first-order chi connectivity index (χ1) is 7.47. The molecule has 0 spiro atoms. The topological polar surface area (TPSA) is 15.3 Å². The molecule has 2 aliphatic rings. The molecule has 1 saturated carbocycles. The summed E-state index contributed by atoms with van der Waals surface area (Å²) >= 11 is 0. The lowest BCUT2D eigenvalue weighted by Gasteiger charge is -2.44. The SMILES string of the molecule is CC1CNC(C(C)(C)C)CN1CCC1CC1. The number of hydrogen-bond donors (Lipinski definition) is 1. The van der Waals surface area contributed by atoms with Gasteiger partial charge in [-0.2, -0.15) is 0 Å². The average Bonchev–Trinajstić information content (AvgIpc) is 2.98. The van der Waals surface area contributed by atoms with E-state index in [-0.39, 0.29) is 0 Å². The minimum absolute atomic E-state index is 0.387. The largest absolute Gasteiger partial charge is 0.311 e. The molecule has 94 valence electrons. The van der Waals surface area contributed by atoms with E-state index in [1.165, 1.54) is 32.4 Å². The summed E-state index contributed by atoms with van der Waals surface area (Å²) in [7, 11) is 0. The molecule has 1 aliphatic carbocycles. The Morgan fingerprint density at radius 3 is 2.50 bits per heavy atom. The molecule has 16 heavy (non-hydrogen) atoms. The van der Waals surface area contributed by atoms with Gasteiger partial charge in [-0.3, -0.25) is 4.90 Å². The van der Waals surface area contributed by atoms with Crippen molar-refractivity contribution >= 4 is 0 Å². The molecule has 1 saturated heterocycles. The molecule has 1 N–H and O–H groups in total. The van der Waals surface area contributed by atoms with E-state index in [4.69, 9.17) is 0 Å². The molecule has 0 aromatic heterocycles. The van der Waals surface area contributed by atoms with E-state index in [9.17, 15) is 0 Å². The van der Waals surface area contributed by atoms with Crippen LogP contribution in [0.5, 0.6) is 0 Å². The molecule has 0 aromatic rings. The first-order valence-corrected chi connectivity index (χ1v) is 6.94. The van der Waals surface area contributed by atoms with Gasteiger partial charge in [0.15, 0.2) is 0 Å². The van der Waals surface area contributed by atoms with Crippen LogP contribution < -0.4 is 5.32 Å². The van der Waals surface area contributed by atoms with Crippen molar-refractivity contribution in [2.24, 2.45) is 11.3 Å². The number of nitrogens with one attached hydrogen (secondary N) is 1. The Morgan fingerprint density at radius 2 is 1.94 bits per heavy atom. The van der Waals surface area contributed by atoms with Crippen molar-refractivity contribution in [2.45, 2.75) is 59.0 Å². The zero-order chi connectivity index (χ0) is 11.8. The number of rotatable bonds is 3. The second-order valence-electron chi connectivity index (χ2n) is 6.90. The van der Waals surface area contributed by atoms with Crippen molar-refractivity contribution in [2.75, 3.05) is 19.6 Å². The zero-order valence-electron chi connectivity index (χ0n) is 11.4. The van der Waals surface area contributed by atoms with Gasteiger partial charge in [0.2, 0.25) is 0 Å². The normalized spacial score (nSPS) is 33.0. The Morgan fingerprint density at radius 1 is 1.25 bits per heavy atom. The second kappa shape index (κ2) is 4.66. The van der Waals surface area contributed by atoms with Crippen molar-refractivity contribution in [1.82, 2.24) is 10.2 Å². The quantitative estimate of drug-likeness (QED) is 0.792. The third-order valence-electron chi connectivity index (χ3n) is 4.27. The molecule has 0 amide bonds. The summed E-state index contributed by atoms with van der Waals surface area (Å²) in [6.07, 6.45) is 4.41. The van der Waals surface area contributed by atoms with Crippen LogP contribution in [0.3, 0.4) is 0 Å². The van der Waals surface area contributed by atoms with E-state index in [2.05, 4.69) is 37.9 Å². The molecular weight excluding hydrogens is 196 g/mol. The number of piperazine rings is 1. The van der Waals surface area contributed by atoms with Crippen molar-refractivity contribution < 1.29 is 0 Å². The van der Waals surface area contributed by atoms with Crippen LogP contribution in [0.15, 0.2) is 0 Å². The number of nitrogens with zero attached hydrogens (tertiary/aromatic N) is 1. The van der Waals surface area contributed by atoms with Crippen LogP contribution in [0.2, 0.25) is 0 Å². The zero-order valence-corrected chi connectivity index (χ0v) is 11.4. The third kappa shape index (κ3) is 3.21. The summed E-state index contributed by atoms with van der Waals surface area (Å²) < 4.78 is 0. The fourth-order valence-electron chi connectivity index (χ4n) is 2.57. The van der Waals surface area contributed by atoms with Gasteiger partial charge < -0.3 is 5.32 Å². The molecule has 2 fully saturated rings. The summed E-state index contributed by atoms with van der Waals surface area (Å²) in [6.45, 7) is 13.1. The maximum Gasteiger partial charge on any atom is 0.0244 e. The summed E-state index contributed by atoms with van der Waals surface area (Å²) in [5, 5.41) is 3.70. The van der Waals surface area contributed by atoms with E-state index in [1.807, 2.05) is 0 Å². The Balaban J connectivity index is 1.83. The average molecular weight is 224 g/mol. The predicted molar refractivity (Wildman–Crippen MR) is 69.6 cm³/mol. The molecule has 0 radical (unpaired) electrons. The molecule has 2 rings (SSSR count). The first kappa shape index (κ1) is 12.4. The summed E-state index contributed by atoms with van der Waals surface area (Å²) in [6, 6.07) is 1.38. The molecule has 0 aromatic carbocycles. The molecule has 2 atom stereocenters. The third-order valence-corrected chi connectivity index (χ3v) is 4.27. The highest BCUT2D eigenvalue weighted by atomic mass is 15.2. The maximum absolute atomic E-state index is 3.70. The van der Waals surface area contributed by atoms with Gasteiger partial charge in [0.1, 0.15) is 0 Å². The van der Waals surface area contributed by atoms with E-state index >= 15 is 0 Å². The second-order valence-corrected chi connectivity index (χ2v) is 6.90. The minimum Gasteiger partial charge on any atom is -0.311 e. The first-order valence-electron chi connectivity index (χ1n) is 6.94. The van der Waals surface area contributed by atoms with Gasteiger partial charge in [0.25, 0.3) is 0 Å². The van der Waals surface area contributed by atoms with Gasteiger partial charge in [-0.25, -0.2) is 0 Å². The van der Waals surface area contributed by atoms with Crippen LogP contribution >= 0.6 is 0 Å². The minimum atomic E-state index is 0.387. The smallest absolute Gasteiger partial charge is 0.0244 e. The van der Waals surface area contributed by atoms with E-state index in [0.717, 1.165) is 18.5 Å².